The number of ether oxygens (including phenoxy) is 2. The summed E-state index contributed by atoms with van der Waals surface area (Å²) in [5, 5.41) is 1.22. The molecule has 0 bridgehead atoms. The first-order chi connectivity index (χ1) is 9.75. The van der Waals surface area contributed by atoms with Crippen LogP contribution >= 0.6 is 23.2 Å². The fraction of sp³-hybridized carbons (Fsp3) is 0.125. The quantitative estimate of drug-likeness (QED) is 0.807. The van der Waals surface area contributed by atoms with E-state index in [1.807, 2.05) is 42.5 Å². The number of fused-ring (bicyclic) bond motifs is 1. The van der Waals surface area contributed by atoms with Gasteiger partial charge in [-0.3, -0.25) is 0 Å². The largest absolute Gasteiger partial charge is 0.487 e. The third-order valence-electron chi connectivity index (χ3n) is 3.09. The maximum Gasteiger partial charge on any atom is 0.145 e. The highest BCUT2D eigenvalue weighted by Gasteiger charge is 2.17. The summed E-state index contributed by atoms with van der Waals surface area (Å²) >= 11 is 12.2. The Bertz CT molecular complexity index is 665. The van der Waals surface area contributed by atoms with Crippen LogP contribution in [0.1, 0.15) is 5.56 Å². The molecule has 2 aromatic carbocycles. The average Bonchev–Trinajstić information content (AvgIpc) is 2.47. The Morgan fingerprint density at radius 1 is 1.00 bits per heavy atom. The molecule has 2 aromatic rings. The molecule has 2 nitrogen and oxygen atoms in total. The van der Waals surface area contributed by atoms with E-state index in [1.54, 1.807) is 6.07 Å². The zero-order valence-corrected chi connectivity index (χ0v) is 12.1. The van der Waals surface area contributed by atoms with Gasteiger partial charge in [-0.2, -0.15) is 0 Å². The van der Waals surface area contributed by atoms with Crippen LogP contribution in [0, 0.1) is 0 Å². The topological polar surface area (TPSA) is 18.5 Å². The summed E-state index contributed by atoms with van der Waals surface area (Å²) in [4.78, 5) is 0. The molecule has 1 aliphatic rings. The molecular weight excluding hydrogens is 295 g/mol. The van der Waals surface area contributed by atoms with Crippen molar-refractivity contribution in [2.24, 2.45) is 0 Å². The van der Waals surface area contributed by atoms with Gasteiger partial charge in [0, 0.05) is 5.56 Å². The number of rotatable bonds is 3. The lowest BCUT2D eigenvalue weighted by Gasteiger charge is -2.20. The smallest absolute Gasteiger partial charge is 0.145 e. The molecule has 0 fully saturated rings. The van der Waals surface area contributed by atoms with E-state index in [4.69, 9.17) is 32.7 Å². The molecule has 0 atom stereocenters. The monoisotopic (exact) mass is 306 g/mol. The number of hydrogen-bond donors (Lipinski definition) is 0. The molecule has 0 unspecified atom stereocenters. The van der Waals surface area contributed by atoms with Crippen LogP contribution in [0.2, 0.25) is 10.0 Å². The molecule has 0 spiro atoms. The lowest BCUT2D eigenvalue weighted by molar-refractivity contribution is 0.343. The molecule has 4 heteroatoms. The van der Waals surface area contributed by atoms with Crippen molar-refractivity contribution in [3.05, 3.63) is 64.1 Å². The third kappa shape index (κ3) is 2.62. The standard InChI is InChI=1S/C16H12Cl2O2/c17-13-5-1-2-7-15(13)20-10-11-8-9-19-16-12(11)4-3-6-14(16)18/h1-8H,9-10H2. The minimum Gasteiger partial charge on any atom is -0.487 e. The van der Waals surface area contributed by atoms with Crippen LogP contribution < -0.4 is 9.47 Å². The second-order valence-electron chi connectivity index (χ2n) is 4.38. The van der Waals surface area contributed by atoms with Crippen molar-refractivity contribution in [2.75, 3.05) is 13.2 Å². The minimum atomic E-state index is 0.431. The maximum absolute atomic E-state index is 6.14. The maximum atomic E-state index is 6.14. The molecule has 0 amide bonds. The molecule has 20 heavy (non-hydrogen) atoms. The van der Waals surface area contributed by atoms with E-state index in [0.29, 0.717) is 29.0 Å². The first-order valence-electron chi connectivity index (χ1n) is 6.24. The Morgan fingerprint density at radius 2 is 1.80 bits per heavy atom. The van der Waals surface area contributed by atoms with Crippen molar-refractivity contribution in [3.63, 3.8) is 0 Å². The van der Waals surface area contributed by atoms with E-state index in [2.05, 4.69) is 0 Å². The first kappa shape index (κ1) is 13.3. The zero-order chi connectivity index (χ0) is 13.9. The summed E-state index contributed by atoms with van der Waals surface area (Å²) in [5.74, 6) is 1.39. The van der Waals surface area contributed by atoms with Gasteiger partial charge in [0.1, 0.15) is 24.7 Å². The molecule has 0 saturated heterocycles. The highest BCUT2D eigenvalue weighted by molar-refractivity contribution is 6.32. The van der Waals surface area contributed by atoms with Gasteiger partial charge in [-0.05, 0) is 29.8 Å². The molecule has 102 valence electrons. The van der Waals surface area contributed by atoms with Gasteiger partial charge in [-0.15, -0.1) is 0 Å². The van der Waals surface area contributed by atoms with Gasteiger partial charge in [0.2, 0.25) is 0 Å². The Kier molecular flexibility index (Phi) is 3.86. The molecule has 3 rings (SSSR count). The van der Waals surface area contributed by atoms with E-state index in [9.17, 15) is 0 Å². The van der Waals surface area contributed by atoms with Gasteiger partial charge >= 0.3 is 0 Å². The van der Waals surface area contributed by atoms with Crippen LogP contribution in [0.5, 0.6) is 11.5 Å². The molecule has 0 saturated carbocycles. The zero-order valence-electron chi connectivity index (χ0n) is 10.6. The number of hydrogen-bond acceptors (Lipinski definition) is 2. The second-order valence-corrected chi connectivity index (χ2v) is 5.19. The van der Waals surface area contributed by atoms with Crippen LogP contribution in [0.3, 0.4) is 0 Å². The summed E-state index contributed by atoms with van der Waals surface area (Å²) in [7, 11) is 0. The van der Waals surface area contributed by atoms with Crippen LogP contribution in [0.25, 0.3) is 5.57 Å². The summed E-state index contributed by atoms with van der Waals surface area (Å²) < 4.78 is 11.3. The molecule has 0 N–H and O–H groups in total. The Labute approximate surface area is 127 Å². The van der Waals surface area contributed by atoms with Crippen molar-refractivity contribution < 1.29 is 9.47 Å². The molecule has 0 aromatic heterocycles. The van der Waals surface area contributed by atoms with Crippen LogP contribution in [-0.2, 0) is 0 Å². The minimum absolute atomic E-state index is 0.431. The Morgan fingerprint density at radius 3 is 2.65 bits per heavy atom. The highest BCUT2D eigenvalue weighted by atomic mass is 35.5. The predicted octanol–water partition coefficient (Wildman–Crippen LogP) is 4.85. The highest BCUT2D eigenvalue weighted by Crippen LogP contribution is 2.36. The Balaban J connectivity index is 1.81. The lowest BCUT2D eigenvalue weighted by Crippen LogP contribution is -2.10. The van der Waals surface area contributed by atoms with Crippen molar-refractivity contribution in [1.82, 2.24) is 0 Å². The van der Waals surface area contributed by atoms with Crippen molar-refractivity contribution in [3.8, 4) is 11.5 Å². The Hall–Kier alpha value is -1.64. The summed E-state index contributed by atoms with van der Waals surface area (Å²) in [5.41, 5.74) is 2.02. The fourth-order valence-electron chi connectivity index (χ4n) is 2.10. The van der Waals surface area contributed by atoms with E-state index < -0.39 is 0 Å². The molecule has 0 aliphatic carbocycles. The van der Waals surface area contributed by atoms with Gasteiger partial charge in [-0.25, -0.2) is 0 Å². The number of benzene rings is 2. The first-order valence-corrected chi connectivity index (χ1v) is 6.99. The summed E-state index contributed by atoms with van der Waals surface area (Å²) in [6.07, 6.45) is 2.00. The van der Waals surface area contributed by atoms with Crippen LogP contribution in [0.15, 0.2) is 48.5 Å². The number of para-hydroxylation sites is 2. The van der Waals surface area contributed by atoms with Gasteiger partial charge in [0.15, 0.2) is 0 Å². The normalized spacial score (nSPS) is 13.2. The van der Waals surface area contributed by atoms with Crippen molar-refractivity contribution >= 4 is 28.8 Å². The summed E-state index contributed by atoms with van der Waals surface area (Å²) in [6, 6.07) is 13.1. The van der Waals surface area contributed by atoms with Crippen LogP contribution in [0.4, 0.5) is 0 Å². The number of halogens is 2. The second kappa shape index (κ2) is 5.78. The van der Waals surface area contributed by atoms with Crippen LogP contribution in [-0.4, -0.2) is 13.2 Å². The molecular formula is C16H12Cl2O2. The molecule has 1 heterocycles. The molecule has 0 radical (unpaired) electrons. The lowest BCUT2D eigenvalue weighted by atomic mass is 10.0. The van der Waals surface area contributed by atoms with Gasteiger partial charge in [0.25, 0.3) is 0 Å². The van der Waals surface area contributed by atoms with Crippen molar-refractivity contribution in [1.29, 1.82) is 0 Å². The van der Waals surface area contributed by atoms with E-state index in [-0.39, 0.29) is 0 Å². The molecule has 1 aliphatic heterocycles. The van der Waals surface area contributed by atoms with Gasteiger partial charge in [-0.1, -0.05) is 47.5 Å². The van der Waals surface area contributed by atoms with E-state index in [1.165, 1.54) is 0 Å². The average molecular weight is 307 g/mol. The van der Waals surface area contributed by atoms with E-state index >= 15 is 0 Å². The SMILES string of the molecule is Clc1ccccc1OCC1=CCOc2c(Cl)cccc21. The van der Waals surface area contributed by atoms with Gasteiger partial charge in [0.05, 0.1) is 10.0 Å². The van der Waals surface area contributed by atoms with E-state index in [0.717, 1.165) is 16.9 Å². The fourth-order valence-corrected chi connectivity index (χ4v) is 2.52. The van der Waals surface area contributed by atoms with Crippen molar-refractivity contribution in [2.45, 2.75) is 0 Å². The predicted molar refractivity (Wildman–Crippen MR) is 81.9 cm³/mol. The van der Waals surface area contributed by atoms with Gasteiger partial charge < -0.3 is 9.47 Å². The summed E-state index contributed by atoms with van der Waals surface area (Å²) in [6.45, 7) is 0.929. The third-order valence-corrected chi connectivity index (χ3v) is 3.70.